The summed E-state index contributed by atoms with van der Waals surface area (Å²) in [5, 5.41) is 38.4. The summed E-state index contributed by atoms with van der Waals surface area (Å²) in [4.78, 5) is 62.1. The molecule has 2 aromatic heterocycles. The quantitative estimate of drug-likeness (QED) is 0.0754. The molecule has 0 unspecified atom stereocenters. The molecule has 0 bridgehead atoms. The maximum absolute atomic E-state index is 15.3. The molecular formula is C32H32FN9Na2O7S3. The Morgan fingerprint density at radius 1 is 1.17 bits per heavy atom. The molecule has 16 nitrogen and oxygen atoms in total. The third-order valence-corrected chi connectivity index (χ3v) is 12.0. The summed E-state index contributed by atoms with van der Waals surface area (Å²) in [6, 6.07) is 2.45. The average molecular weight is 816 g/mol. The van der Waals surface area contributed by atoms with Crippen LogP contribution in [0.25, 0.3) is 10.9 Å². The predicted octanol–water partition coefficient (Wildman–Crippen LogP) is -6.39. The number of thioether (sulfide) groups is 2. The number of carboxylic acids is 2. The normalized spacial score (nSPS) is 19.9. The second-order valence-corrected chi connectivity index (χ2v) is 15.3. The first-order valence-corrected chi connectivity index (χ1v) is 19.2. The summed E-state index contributed by atoms with van der Waals surface area (Å²) in [6.07, 6.45) is 2.99. The molecular weight excluding hydrogens is 784 g/mol. The number of oxime groups is 1. The number of thiazole rings is 1. The summed E-state index contributed by atoms with van der Waals surface area (Å²) >= 11 is 4.03. The molecule has 22 heteroatoms. The fraction of sp³-hybridized carbons (Fsp3) is 0.406. The minimum absolute atomic E-state index is 0. The van der Waals surface area contributed by atoms with Gasteiger partial charge in [-0.1, -0.05) is 5.16 Å². The average Bonchev–Trinajstić information content (AvgIpc) is 3.87. The van der Waals surface area contributed by atoms with Crippen LogP contribution in [0.4, 0.5) is 15.2 Å². The van der Waals surface area contributed by atoms with Gasteiger partial charge in [0.05, 0.1) is 64.5 Å². The molecule has 1 aliphatic carbocycles. The number of nitrogens with one attached hydrogen (secondary N) is 1. The maximum Gasteiger partial charge on any atom is 1.00 e. The van der Waals surface area contributed by atoms with Crippen LogP contribution >= 0.6 is 34.9 Å². The zero-order valence-electron chi connectivity index (χ0n) is 29.7. The molecule has 7 rings (SSSR count). The van der Waals surface area contributed by atoms with E-state index in [2.05, 4.69) is 20.6 Å². The first-order valence-electron chi connectivity index (χ1n) is 16.2. The molecule has 3 aromatic rings. The molecule has 1 aromatic carbocycles. The van der Waals surface area contributed by atoms with Crippen molar-refractivity contribution in [3.05, 3.63) is 62.3 Å². The molecule has 54 heavy (non-hydrogen) atoms. The molecule has 4 aliphatic rings. The molecule has 1 saturated carbocycles. The Bertz CT molecular complexity index is 2100. The van der Waals surface area contributed by atoms with Gasteiger partial charge in [0.15, 0.2) is 16.3 Å². The SMILES string of the molecule is CON=C(C(=O)N[C@@H]1CN2C(C(=O)[O-])=C(CSC=NN3CCN(c4cc5c(cc4F)c(=O)c(C(=O)[O-])cn5C4CC4)CC3)CS[C@H]12)c1csc(N)n1.[Na+].[Na+]. The monoisotopic (exact) mass is 815 g/mol. The molecule has 5 heterocycles. The Kier molecular flexibility index (Phi) is 14.1. The van der Waals surface area contributed by atoms with E-state index in [0.717, 1.165) is 30.2 Å². The Morgan fingerprint density at radius 3 is 2.54 bits per heavy atom. The fourth-order valence-corrected chi connectivity index (χ4v) is 9.24. The van der Waals surface area contributed by atoms with Gasteiger partial charge < -0.3 is 50.1 Å². The second-order valence-electron chi connectivity index (χ2n) is 12.5. The zero-order valence-corrected chi connectivity index (χ0v) is 36.1. The van der Waals surface area contributed by atoms with Crippen molar-refractivity contribution in [3.8, 4) is 0 Å². The van der Waals surface area contributed by atoms with Crippen LogP contribution < -0.4 is 90.7 Å². The first kappa shape index (κ1) is 42.3. The number of halogens is 1. The number of fused-ring (bicyclic) bond motifs is 2. The van der Waals surface area contributed by atoms with Crippen molar-refractivity contribution in [1.29, 1.82) is 0 Å². The summed E-state index contributed by atoms with van der Waals surface area (Å²) in [7, 11) is 1.32. The molecule has 0 radical (unpaired) electrons. The van der Waals surface area contributed by atoms with Gasteiger partial charge in [-0.05, 0) is 30.5 Å². The zero-order chi connectivity index (χ0) is 36.7. The molecule has 2 atom stereocenters. The van der Waals surface area contributed by atoms with Crippen molar-refractivity contribution < 1.29 is 92.9 Å². The van der Waals surface area contributed by atoms with E-state index < -0.39 is 34.7 Å². The molecule has 3 aliphatic heterocycles. The van der Waals surface area contributed by atoms with Crippen LogP contribution in [0.1, 0.15) is 34.9 Å². The van der Waals surface area contributed by atoms with E-state index in [1.54, 1.807) is 26.5 Å². The minimum Gasteiger partial charge on any atom is -0.545 e. The third-order valence-electron chi connectivity index (χ3n) is 9.17. The molecule has 1 amide bonds. The van der Waals surface area contributed by atoms with Gasteiger partial charge in [0.1, 0.15) is 18.6 Å². The largest absolute Gasteiger partial charge is 1.00 e. The summed E-state index contributed by atoms with van der Waals surface area (Å²) in [6.45, 7) is 2.17. The Morgan fingerprint density at radius 2 is 1.91 bits per heavy atom. The molecule has 274 valence electrons. The van der Waals surface area contributed by atoms with Crippen molar-refractivity contribution in [2.75, 3.05) is 62.0 Å². The Hall–Kier alpha value is -2.82. The van der Waals surface area contributed by atoms with E-state index in [1.807, 2.05) is 9.91 Å². The third kappa shape index (κ3) is 8.76. The number of hydrogen-bond acceptors (Lipinski definition) is 17. The molecule has 0 spiro atoms. The van der Waals surface area contributed by atoms with Crippen molar-refractivity contribution in [1.82, 2.24) is 24.8 Å². The first-order chi connectivity index (χ1) is 25.0. The number of pyridine rings is 1. The van der Waals surface area contributed by atoms with Crippen molar-refractivity contribution >= 4 is 85.7 Å². The number of hydrazone groups is 1. The molecule has 3 N–H and O–H groups in total. The number of aliphatic carboxylic acids is 1. The van der Waals surface area contributed by atoms with Crippen molar-refractivity contribution in [3.63, 3.8) is 0 Å². The van der Waals surface area contributed by atoms with E-state index in [9.17, 15) is 29.4 Å². The van der Waals surface area contributed by atoms with Gasteiger partial charge >= 0.3 is 59.1 Å². The number of aromatic carboxylic acids is 1. The minimum atomic E-state index is -1.58. The topological polar surface area (TPSA) is 214 Å². The van der Waals surface area contributed by atoms with Crippen LogP contribution in [-0.2, 0) is 14.4 Å². The van der Waals surface area contributed by atoms with Crippen LogP contribution in [0.2, 0.25) is 0 Å². The summed E-state index contributed by atoms with van der Waals surface area (Å²) in [5.74, 6) is -3.18. The number of hydrogen-bond donors (Lipinski definition) is 2. The standard InChI is InChI=1S/C32H34FN9O7S3.2Na/c1-49-38-25(22-14-52-32(34)37-22)28(44)36-21-11-42-26(31(47)48)16(13-51-29(21)42)12-50-15-35-40-6-4-39(5-7-40)24-9-23-18(8-20(24)33)27(43)19(30(45)46)10-41(23)17-2-3-17;;/h8-10,14-15,17,21,29H,2-7,11-13H2,1H3,(H2,34,37)(H,36,44)(H,45,46)(H,47,48);;/q;2*+1/p-2/t21-,29-;;/m1../s1. The van der Waals surface area contributed by atoms with Crippen LogP contribution in [0.3, 0.4) is 0 Å². The summed E-state index contributed by atoms with van der Waals surface area (Å²) < 4.78 is 17.1. The van der Waals surface area contributed by atoms with Gasteiger partial charge in [-0.25, -0.2) is 9.37 Å². The number of piperazine rings is 1. The van der Waals surface area contributed by atoms with Gasteiger partial charge in [0.2, 0.25) is 0 Å². The van der Waals surface area contributed by atoms with E-state index in [1.165, 1.54) is 36.8 Å². The predicted molar refractivity (Wildman–Crippen MR) is 192 cm³/mol. The summed E-state index contributed by atoms with van der Waals surface area (Å²) in [5.41, 5.74) is 8.00. The number of nitrogen functional groups attached to an aromatic ring is 1. The van der Waals surface area contributed by atoms with E-state index in [-0.39, 0.29) is 111 Å². The van der Waals surface area contributed by atoms with Crippen LogP contribution in [0.15, 0.2) is 50.0 Å². The second kappa shape index (κ2) is 18.0. The van der Waals surface area contributed by atoms with E-state index >= 15 is 4.39 Å². The number of nitrogens with two attached hydrogens (primary N) is 1. The van der Waals surface area contributed by atoms with E-state index in [4.69, 9.17) is 10.6 Å². The van der Waals surface area contributed by atoms with Gasteiger partial charge in [-0.3, -0.25) is 14.6 Å². The number of benzene rings is 1. The molecule has 2 saturated heterocycles. The number of carbonyl (C=O) groups is 3. The Labute approximate surface area is 365 Å². The van der Waals surface area contributed by atoms with Gasteiger partial charge in [0, 0.05) is 54.1 Å². The molecule has 3 fully saturated rings. The van der Waals surface area contributed by atoms with Crippen LogP contribution in [-0.4, -0.2) is 111 Å². The maximum atomic E-state index is 15.3. The number of nitrogens with zero attached hydrogens (tertiary/aromatic N) is 7. The number of aromatic nitrogens is 2. The number of carboxylic acid groups (broad SMARTS) is 2. The van der Waals surface area contributed by atoms with Gasteiger partial charge in [0.25, 0.3) is 5.91 Å². The van der Waals surface area contributed by atoms with Crippen LogP contribution in [0.5, 0.6) is 0 Å². The van der Waals surface area contributed by atoms with Gasteiger partial charge in [-0.2, -0.15) is 5.10 Å². The van der Waals surface area contributed by atoms with E-state index in [0.29, 0.717) is 54.5 Å². The number of anilines is 2. The smallest absolute Gasteiger partial charge is 0.545 e. The number of amides is 1. The number of carbonyl (C=O) groups excluding carboxylic acids is 3. The van der Waals surface area contributed by atoms with Gasteiger partial charge in [-0.15, -0.1) is 34.9 Å². The Balaban J connectivity index is 0.00000280. The van der Waals surface area contributed by atoms with Crippen LogP contribution in [0, 0.1) is 5.82 Å². The number of rotatable bonds is 12. The van der Waals surface area contributed by atoms with Crippen molar-refractivity contribution in [2.24, 2.45) is 10.3 Å². The fourth-order valence-electron chi connectivity index (χ4n) is 6.48. The van der Waals surface area contributed by atoms with Crippen molar-refractivity contribution in [2.45, 2.75) is 30.3 Å².